The summed E-state index contributed by atoms with van der Waals surface area (Å²) < 4.78 is 5.95. The zero-order chi connectivity index (χ0) is 22.6. The molecule has 1 saturated heterocycles. The highest BCUT2D eigenvalue weighted by atomic mass is 28.3. The van der Waals surface area contributed by atoms with Crippen LogP contribution in [0, 0.1) is 5.92 Å². The highest BCUT2D eigenvalue weighted by molar-refractivity contribution is 6.89. The van der Waals surface area contributed by atoms with Crippen molar-refractivity contribution >= 4 is 19.4 Å². The van der Waals surface area contributed by atoms with E-state index in [1.165, 1.54) is 18.0 Å². The molecule has 3 atom stereocenters. The van der Waals surface area contributed by atoms with Gasteiger partial charge >= 0.3 is 6.09 Å². The summed E-state index contributed by atoms with van der Waals surface area (Å²) in [7, 11) is -1.71. The summed E-state index contributed by atoms with van der Waals surface area (Å²) >= 11 is 0. The summed E-state index contributed by atoms with van der Waals surface area (Å²) in [6.07, 6.45) is 8.69. The highest BCUT2D eigenvalue weighted by Gasteiger charge is 2.54. The summed E-state index contributed by atoms with van der Waals surface area (Å²) in [5.74, 6) is 0.354. The van der Waals surface area contributed by atoms with Gasteiger partial charge in [0.1, 0.15) is 6.61 Å². The van der Waals surface area contributed by atoms with E-state index in [-0.39, 0.29) is 17.7 Å². The standard InChI is InChI=1S/C28H37NO2Si/c1-4-24-15-11-12-19-28(24)20-18-25(22-32(2,3)26-16-9-6-10-17-26)29(28)27(30)31-21-23-13-7-5-8-14-23/h4-10,13-14,16-17,24-25H,1,11-12,15,18-22H2,2-3H3/t24-,25+,28-/m1/s1. The van der Waals surface area contributed by atoms with Gasteiger partial charge in [-0.2, -0.15) is 0 Å². The fourth-order valence-corrected chi connectivity index (χ4v) is 9.03. The second-order valence-corrected chi connectivity index (χ2v) is 15.0. The third kappa shape index (κ3) is 4.56. The Balaban J connectivity index is 1.60. The van der Waals surface area contributed by atoms with Gasteiger partial charge in [0.25, 0.3) is 0 Å². The molecule has 0 unspecified atom stereocenters. The molecule has 3 nitrogen and oxygen atoms in total. The smallest absolute Gasteiger partial charge is 0.410 e. The van der Waals surface area contributed by atoms with Crippen LogP contribution >= 0.6 is 0 Å². The predicted octanol–water partition coefficient (Wildman–Crippen LogP) is 6.52. The lowest BCUT2D eigenvalue weighted by Crippen LogP contribution is -2.57. The average molecular weight is 448 g/mol. The van der Waals surface area contributed by atoms with Crippen molar-refractivity contribution in [1.82, 2.24) is 4.90 Å². The zero-order valence-electron chi connectivity index (χ0n) is 19.6. The third-order valence-electron chi connectivity index (χ3n) is 7.81. The number of rotatable bonds is 6. The van der Waals surface area contributed by atoms with Crippen molar-refractivity contribution in [2.45, 2.75) is 75.9 Å². The molecule has 0 aromatic heterocycles. The molecule has 32 heavy (non-hydrogen) atoms. The van der Waals surface area contributed by atoms with Gasteiger partial charge in [0.05, 0.1) is 13.6 Å². The summed E-state index contributed by atoms with van der Waals surface area (Å²) in [4.78, 5) is 15.9. The molecule has 2 aromatic rings. The van der Waals surface area contributed by atoms with Crippen molar-refractivity contribution in [2.75, 3.05) is 0 Å². The number of hydrogen-bond donors (Lipinski definition) is 0. The minimum Gasteiger partial charge on any atom is -0.445 e. The summed E-state index contributed by atoms with van der Waals surface area (Å²) in [6, 6.07) is 22.2. The summed E-state index contributed by atoms with van der Waals surface area (Å²) in [5, 5.41) is 1.46. The Hall–Kier alpha value is -2.33. The van der Waals surface area contributed by atoms with E-state index >= 15 is 0 Å². The van der Waals surface area contributed by atoms with Gasteiger partial charge in [0.15, 0.2) is 0 Å². The maximum absolute atomic E-state index is 13.7. The normalized spacial score (nSPS) is 25.6. The lowest BCUT2D eigenvalue weighted by atomic mass is 9.71. The van der Waals surface area contributed by atoms with E-state index in [2.05, 4.69) is 61.0 Å². The lowest BCUT2D eigenvalue weighted by molar-refractivity contribution is 0.0174. The number of ether oxygens (including phenoxy) is 1. The second kappa shape index (κ2) is 9.66. The number of benzene rings is 2. The maximum atomic E-state index is 13.7. The van der Waals surface area contributed by atoms with Crippen LogP contribution in [0.2, 0.25) is 19.1 Å². The van der Waals surface area contributed by atoms with Crippen LogP contribution in [0.5, 0.6) is 0 Å². The van der Waals surface area contributed by atoms with E-state index < -0.39 is 8.07 Å². The van der Waals surface area contributed by atoms with Gasteiger partial charge in [-0.15, -0.1) is 6.58 Å². The van der Waals surface area contributed by atoms with Crippen LogP contribution in [0.1, 0.15) is 44.1 Å². The first-order valence-corrected chi connectivity index (χ1v) is 15.4. The first-order valence-electron chi connectivity index (χ1n) is 12.1. The fraction of sp³-hybridized carbons (Fsp3) is 0.464. The minimum absolute atomic E-state index is 0.125. The Labute approximate surface area is 194 Å². The lowest BCUT2D eigenvalue weighted by Gasteiger charge is -2.48. The van der Waals surface area contributed by atoms with E-state index in [1.54, 1.807) is 0 Å². The van der Waals surface area contributed by atoms with Crippen molar-refractivity contribution < 1.29 is 9.53 Å². The van der Waals surface area contributed by atoms with Gasteiger partial charge in [0.2, 0.25) is 0 Å². The monoisotopic (exact) mass is 447 g/mol. The van der Waals surface area contributed by atoms with E-state index in [9.17, 15) is 4.79 Å². The van der Waals surface area contributed by atoms with Crippen LogP contribution in [0.25, 0.3) is 0 Å². The summed E-state index contributed by atoms with van der Waals surface area (Å²) in [5.41, 5.74) is 0.910. The molecule has 2 aliphatic rings. The van der Waals surface area contributed by atoms with E-state index in [0.717, 1.165) is 37.3 Å². The Morgan fingerprint density at radius 2 is 1.75 bits per heavy atom. The zero-order valence-corrected chi connectivity index (χ0v) is 20.6. The largest absolute Gasteiger partial charge is 0.445 e. The van der Waals surface area contributed by atoms with Gasteiger partial charge in [-0.05, 0) is 43.2 Å². The van der Waals surface area contributed by atoms with Crippen molar-refractivity contribution in [3.63, 3.8) is 0 Å². The fourth-order valence-electron chi connectivity index (χ4n) is 6.14. The SMILES string of the molecule is C=C[C@@H]1CCCC[C@@]12CC[C@@H](C[Si](C)(C)c1ccccc1)N2C(=O)OCc1ccccc1. The first kappa shape index (κ1) is 22.8. The van der Waals surface area contributed by atoms with E-state index in [4.69, 9.17) is 4.74 Å². The Morgan fingerprint density at radius 3 is 2.44 bits per heavy atom. The number of likely N-dealkylation sites (tertiary alicyclic amines) is 1. The molecule has 170 valence electrons. The van der Waals surface area contributed by atoms with Crippen molar-refractivity contribution in [2.24, 2.45) is 5.92 Å². The van der Waals surface area contributed by atoms with Crippen LogP contribution in [-0.4, -0.2) is 30.6 Å². The molecule has 0 bridgehead atoms. The minimum atomic E-state index is -1.71. The molecule has 1 aliphatic heterocycles. The summed E-state index contributed by atoms with van der Waals surface area (Å²) in [6.45, 7) is 9.37. The number of nitrogens with zero attached hydrogens (tertiary/aromatic N) is 1. The third-order valence-corrected chi connectivity index (χ3v) is 11.2. The topological polar surface area (TPSA) is 29.5 Å². The van der Waals surface area contributed by atoms with Gasteiger partial charge in [-0.25, -0.2) is 4.79 Å². The molecule has 2 fully saturated rings. The Kier molecular flexibility index (Phi) is 6.90. The van der Waals surface area contributed by atoms with Gasteiger partial charge in [-0.1, -0.05) is 97.9 Å². The Morgan fingerprint density at radius 1 is 1.06 bits per heavy atom. The molecule has 1 heterocycles. The number of carbonyl (C=O) groups excluding carboxylic acids is 1. The highest BCUT2D eigenvalue weighted by Crippen LogP contribution is 2.50. The molecule has 1 spiro atoms. The van der Waals surface area contributed by atoms with Crippen molar-refractivity contribution in [3.05, 3.63) is 78.9 Å². The second-order valence-electron chi connectivity index (χ2n) is 10.2. The molecular formula is C28H37NO2Si. The van der Waals surface area contributed by atoms with Crippen LogP contribution in [0.3, 0.4) is 0 Å². The average Bonchev–Trinajstić information content (AvgIpc) is 3.16. The Bertz CT molecular complexity index is 914. The van der Waals surface area contributed by atoms with Crippen LogP contribution in [0.4, 0.5) is 4.79 Å². The molecule has 1 amide bonds. The van der Waals surface area contributed by atoms with Crippen LogP contribution < -0.4 is 5.19 Å². The molecule has 0 radical (unpaired) electrons. The van der Waals surface area contributed by atoms with Gasteiger partial charge in [0, 0.05) is 6.04 Å². The molecule has 4 rings (SSSR count). The predicted molar refractivity (Wildman–Crippen MR) is 135 cm³/mol. The first-order chi connectivity index (χ1) is 15.5. The number of amides is 1. The number of carbonyl (C=O) groups is 1. The molecule has 1 aliphatic carbocycles. The van der Waals surface area contributed by atoms with E-state index in [1.807, 2.05) is 30.3 Å². The number of hydrogen-bond acceptors (Lipinski definition) is 2. The molecular weight excluding hydrogens is 410 g/mol. The van der Waals surface area contributed by atoms with Crippen LogP contribution in [-0.2, 0) is 11.3 Å². The van der Waals surface area contributed by atoms with Crippen molar-refractivity contribution in [3.8, 4) is 0 Å². The molecule has 2 aromatic carbocycles. The molecule has 0 N–H and O–H groups in total. The molecule has 4 heteroatoms. The quantitative estimate of drug-likeness (QED) is 0.373. The van der Waals surface area contributed by atoms with Crippen molar-refractivity contribution in [1.29, 1.82) is 0 Å². The van der Waals surface area contributed by atoms with E-state index in [0.29, 0.717) is 12.5 Å². The van der Waals surface area contributed by atoms with Gasteiger partial charge < -0.3 is 4.74 Å². The maximum Gasteiger partial charge on any atom is 0.410 e. The van der Waals surface area contributed by atoms with Crippen LogP contribution in [0.15, 0.2) is 73.3 Å². The van der Waals surface area contributed by atoms with Gasteiger partial charge in [-0.3, -0.25) is 4.90 Å². The molecule has 1 saturated carbocycles.